The van der Waals surface area contributed by atoms with Crippen molar-refractivity contribution in [1.82, 2.24) is 19.8 Å². The standard InChI is InChI=1S/C21H19Cl2F3N6O3S/c22-9-1-2-10(21(24,25)26)13(5-9)32-12(3-4-29-32)18-17(33)16(19-14(35-18)7-34-19)31(28)6-11(27)20-30-15(23)8-36-20/h1-6,8,14,16-19,33H,7,27-28H2/b11-6-. The first-order valence-corrected chi connectivity index (χ1v) is 12.2. The number of aliphatic hydroxyl groups excluding tert-OH is 1. The summed E-state index contributed by atoms with van der Waals surface area (Å²) in [5, 5.41) is 19.0. The van der Waals surface area contributed by atoms with Crippen molar-refractivity contribution in [1.29, 1.82) is 0 Å². The summed E-state index contributed by atoms with van der Waals surface area (Å²) < 4.78 is 53.9. The Balaban J connectivity index is 1.50. The molecule has 2 aromatic heterocycles. The fourth-order valence-electron chi connectivity index (χ4n) is 4.29. The number of aliphatic hydroxyl groups is 1. The zero-order chi connectivity index (χ0) is 25.8. The first-order valence-electron chi connectivity index (χ1n) is 10.5. The number of nitrogens with two attached hydrogens (primary N) is 2. The lowest BCUT2D eigenvalue weighted by molar-refractivity contribution is -0.289. The van der Waals surface area contributed by atoms with E-state index in [1.807, 2.05) is 0 Å². The van der Waals surface area contributed by atoms with Crippen LogP contribution in [-0.4, -0.2) is 55.8 Å². The molecule has 2 saturated heterocycles. The monoisotopic (exact) mass is 562 g/mol. The summed E-state index contributed by atoms with van der Waals surface area (Å²) in [6.07, 6.45) is -5.45. The SMILES string of the molecule is N/C(=C\N(N)C1C(O)C(c2ccnn2-c2cc(Cl)ccc2C(F)(F)F)OC2COC21)c1nc(Cl)cs1. The molecule has 0 saturated carbocycles. The molecule has 0 spiro atoms. The third-order valence-electron chi connectivity index (χ3n) is 5.95. The number of thiazole rings is 1. The highest BCUT2D eigenvalue weighted by Crippen LogP contribution is 2.41. The van der Waals surface area contributed by atoms with Crippen molar-refractivity contribution in [2.24, 2.45) is 11.6 Å². The molecular formula is C21H19Cl2F3N6O3S. The van der Waals surface area contributed by atoms with Gasteiger partial charge in [-0.2, -0.15) is 18.3 Å². The van der Waals surface area contributed by atoms with E-state index in [0.717, 1.165) is 22.9 Å². The third-order valence-corrected chi connectivity index (χ3v) is 7.40. The molecule has 5 rings (SSSR count). The molecule has 192 valence electrons. The first-order chi connectivity index (χ1) is 17.0. The van der Waals surface area contributed by atoms with E-state index in [2.05, 4.69) is 10.1 Å². The number of benzene rings is 1. The van der Waals surface area contributed by atoms with E-state index >= 15 is 0 Å². The highest BCUT2D eigenvalue weighted by Gasteiger charge is 2.53. The molecule has 1 aromatic carbocycles. The zero-order valence-electron chi connectivity index (χ0n) is 18.1. The van der Waals surface area contributed by atoms with Crippen molar-refractivity contribution in [3.8, 4) is 5.69 Å². The lowest BCUT2D eigenvalue weighted by atomic mass is 9.88. The average Bonchev–Trinajstić information content (AvgIpc) is 3.44. The molecule has 5 N–H and O–H groups in total. The lowest BCUT2D eigenvalue weighted by Gasteiger charge is -2.52. The molecular weight excluding hydrogens is 544 g/mol. The van der Waals surface area contributed by atoms with E-state index < -0.39 is 42.2 Å². The number of hydrogen-bond acceptors (Lipinski definition) is 9. The van der Waals surface area contributed by atoms with Crippen LogP contribution in [0.15, 0.2) is 42.0 Å². The number of hydrogen-bond donors (Lipinski definition) is 3. The van der Waals surface area contributed by atoms with E-state index in [1.165, 1.54) is 34.8 Å². The van der Waals surface area contributed by atoms with Crippen LogP contribution >= 0.6 is 34.5 Å². The van der Waals surface area contributed by atoms with Gasteiger partial charge in [0.25, 0.3) is 0 Å². The van der Waals surface area contributed by atoms with Gasteiger partial charge in [0.05, 0.1) is 29.2 Å². The molecule has 0 bridgehead atoms. The molecule has 5 atom stereocenters. The number of aromatic nitrogens is 3. The number of nitrogens with zero attached hydrogens (tertiary/aromatic N) is 4. The Morgan fingerprint density at radius 3 is 2.72 bits per heavy atom. The van der Waals surface area contributed by atoms with Crippen LogP contribution in [0.1, 0.15) is 22.4 Å². The number of hydrazine groups is 1. The number of halogens is 5. The summed E-state index contributed by atoms with van der Waals surface area (Å²) in [5.74, 6) is 6.27. The topological polar surface area (TPSA) is 125 Å². The second-order valence-corrected chi connectivity index (χ2v) is 9.89. The maximum absolute atomic E-state index is 13.7. The Labute approximate surface area is 216 Å². The van der Waals surface area contributed by atoms with Crippen LogP contribution in [-0.2, 0) is 15.7 Å². The van der Waals surface area contributed by atoms with Crippen LogP contribution < -0.4 is 11.6 Å². The molecule has 0 radical (unpaired) electrons. The number of rotatable bonds is 5. The van der Waals surface area contributed by atoms with Crippen LogP contribution in [0.4, 0.5) is 13.2 Å². The highest BCUT2D eigenvalue weighted by molar-refractivity contribution is 7.11. The Kier molecular flexibility index (Phi) is 6.66. The Hall–Kier alpha value is -2.39. The van der Waals surface area contributed by atoms with Crippen LogP contribution in [0, 0.1) is 0 Å². The van der Waals surface area contributed by atoms with Gasteiger partial charge < -0.3 is 25.3 Å². The van der Waals surface area contributed by atoms with Gasteiger partial charge in [0, 0.05) is 22.8 Å². The molecule has 15 heteroatoms. The van der Waals surface area contributed by atoms with Gasteiger partial charge in [0.15, 0.2) is 0 Å². The van der Waals surface area contributed by atoms with Crippen molar-refractivity contribution >= 4 is 40.2 Å². The molecule has 4 heterocycles. The van der Waals surface area contributed by atoms with Crippen LogP contribution in [0.25, 0.3) is 11.4 Å². The fourth-order valence-corrected chi connectivity index (χ4v) is 5.33. The van der Waals surface area contributed by atoms with Crippen molar-refractivity contribution in [3.63, 3.8) is 0 Å². The third kappa shape index (κ3) is 4.56. The molecule has 3 aromatic rings. The highest BCUT2D eigenvalue weighted by atomic mass is 35.5. The molecule has 2 fully saturated rings. The average molecular weight is 563 g/mol. The normalized spacial score (nSPS) is 26.4. The van der Waals surface area contributed by atoms with Gasteiger partial charge in [0.2, 0.25) is 0 Å². The predicted octanol–water partition coefficient (Wildman–Crippen LogP) is 3.36. The zero-order valence-corrected chi connectivity index (χ0v) is 20.5. The largest absolute Gasteiger partial charge is 0.418 e. The summed E-state index contributed by atoms with van der Waals surface area (Å²) in [6.45, 7) is 0.221. The summed E-state index contributed by atoms with van der Waals surface area (Å²) >= 11 is 13.1. The number of alkyl halides is 3. The van der Waals surface area contributed by atoms with Crippen LogP contribution in [0.2, 0.25) is 10.2 Å². The summed E-state index contributed by atoms with van der Waals surface area (Å²) in [7, 11) is 0. The van der Waals surface area contributed by atoms with E-state index in [9.17, 15) is 18.3 Å². The van der Waals surface area contributed by atoms with Gasteiger partial charge in [-0.05, 0) is 24.3 Å². The number of fused-ring (bicyclic) bond motifs is 1. The molecule has 2 aliphatic heterocycles. The van der Waals surface area contributed by atoms with E-state index in [1.54, 1.807) is 5.38 Å². The molecule has 0 aliphatic carbocycles. The van der Waals surface area contributed by atoms with E-state index in [4.69, 9.17) is 44.3 Å². The van der Waals surface area contributed by atoms with Gasteiger partial charge in [-0.3, -0.25) is 0 Å². The quantitative estimate of drug-likeness (QED) is 0.319. The molecule has 36 heavy (non-hydrogen) atoms. The minimum atomic E-state index is -4.67. The smallest absolute Gasteiger partial charge is 0.395 e. The van der Waals surface area contributed by atoms with Crippen molar-refractivity contribution < 1.29 is 27.8 Å². The fraction of sp³-hybridized carbons (Fsp3) is 0.333. The van der Waals surface area contributed by atoms with Crippen molar-refractivity contribution in [2.75, 3.05) is 6.61 Å². The summed E-state index contributed by atoms with van der Waals surface area (Å²) in [5.41, 5.74) is 5.25. The van der Waals surface area contributed by atoms with Gasteiger partial charge in [-0.15, -0.1) is 11.3 Å². The Bertz CT molecular complexity index is 1300. The molecule has 0 amide bonds. The Morgan fingerprint density at radius 2 is 2.08 bits per heavy atom. The van der Waals surface area contributed by atoms with Gasteiger partial charge in [0.1, 0.15) is 40.6 Å². The van der Waals surface area contributed by atoms with Gasteiger partial charge >= 0.3 is 6.18 Å². The molecule has 9 nitrogen and oxygen atoms in total. The van der Waals surface area contributed by atoms with Gasteiger partial charge in [-0.25, -0.2) is 15.5 Å². The van der Waals surface area contributed by atoms with Crippen molar-refractivity contribution in [2.45, 2.75) is 36.6 Å². The summed E-state index contributed by atoms with van der Waals surface area (Å²) in [6, 6.07) is 3.80. The predicted molar refractivity (Wildman–Crippen MR) is 126 cm³/mol. The van der Waals surface area contributed by atoms with E-state index in [0.29, 0.717) is 5.01 Å². The summed E-state index contributed by atoms with van der Waals surface area (Å²) in [4.78, 5) is 4.09. The minimum absolute atomic E-state index is 0.0888. The second kappa shape index (κ2) is 9.49. The second-order valence-electron chi connectivity index (χ2n) is 8.21. The van der Waals surface area contributed by atoms with Crippen molar-refractivity contribution in [3.05, 3.63) is 68.5 Å². The van der Waals surface area contributed by atoms with Crippen LogP contribution in [0.5, 0.6) is 0 Å². The maximum atomic E-state index is 13.7. The number of ether oxygens (including phenoxy) is 2. The van der Waals surface area contributed by atoms with Crippen LogP contribution in [0.3, 0.4) is 0 Å². The Morgan fingerprint density at radius 1 is 1.31 bits per heavy atom. The minimum Gasteiger partial charge on any atom is -0.395 e. The molecule has 5 unspecified atom stereocenters. The van der Waals surface area contributed by atoms with Gasteiger partial charge in [-0.1, -0.05) is 23.2 Å². The van der Waals surface area contributed by atoms with E-state index in [-0.39, 0.29) is 33.9 Å². The maximum Gasteiger partial charge on any atom is 0.418 e. The molecule has 2 aliphatic rings. The first kappa shape index (κ1) is 25.3. The lowest BCUT2D eigenvalue weighted by Crippen LogP contribution is -2.68.